The zero-order chi connectivity index (χ0) is 19.1. The fraction of sp³-hybridized carbons (Fsp3) is 0.619. The van der Waals surface area contributed by atoms with Gasteiger partial charge in [0.2, 0.25) is 11.8 Å². The van der Waals surface area contributed by atoms with Gasteiger partial charge in [-0.3, -0.25) is 14.5 Å². The first-order valence-electron chi connectivity index (χ1n) is 9.80. The van der Waals surface area contributed by atoms with Crippen LogP contribution in [0, 0.1) is 5.92 Å². The second kappa shape index (κ2) is 9.72. The van der Waals surface area contributed by atoms with Crippen LogP contribution in [-0.4, -0.2) is 42.4 Å². The number of piperidine rings is 1. The molecule has 1 aromatic rings. The molecule has 1 saturated heterocycles. The number of hydrogen-bond acceptors (Lipinski definition) is 3. The molecule has 5 heteroatoms. The minimum absolute atomic E-state index is 0.0279. The highest BCUT2D eigenvalue weighted by molar-refractivity contribution is 5.95. The highest BCUT2D eigenvalue weighted by Crippen LogP contribution is 2.27. The minimum atomic E-state index is -0.151. The van der Waals surface area contributed by atoms with E-state index in [1.54, 1.807) is 6.92 Å². The quantitative estimate of drug-likeness (QED) is 0.785. The van der Waals surface area contributed by atoms with E-state index in [9.17, 15) is 9.59 Å². The SMILES string of the molecule is CCC(C)c1ccccc1NC(=O)C(C)N1CCC(CNC(C)=O)CC1. The highest BCUT2D eigenvalue weighted by atomic mass is 16.2. The van der Waals surface area contributed by atoms with Crippen molar-refractivity contribution >= 4 is 17.5 Å². The van der Waals surface area contributed by atoms with Crippen molar-refractivity contribution in [3.05, 3.63) is 29.8 Å². The summed E-state index contributed by atoms with van der Waals surface area (Å²) in [5, 5.41) is 6.04. The van der Waals surface area contributed by atoms with Gasteiger partial charge < -0.3 is 10.6 Å². The number of para-hydroxylation sites is 1. The molecule has 2 rings (SSSR count). The molecule has 1 aromatic carbocycles. The number of amides is 2. The second-order valence-electron chi connectivity index (χ2n) is 7.48. The van der Waals surface area contributed by atoms with Gasteiger partial charge in [-0.15, -0.1) is 0 Å². The third-order valence-corrected chi connectivity index (χ3v) is 5.58. The summed E-state index contributed by atoms with van der Waals surface area (Å²) in [4.78, 5) is 26.0. The number of hydrogen-bond donors (Lipinski definition) is 2. The summed E-state index contributed by atoms with van der Waals surface area (Å²) >= 11 is 0. The molecule has 2 unspecified atom stereocenters. The van der Waals surface area contributed by atoms with E-state index in [4.69, 9.17) is 0 Å². The first-order valence-corrected chi connectivity index (χ1v) is 9.80. The monoisotopic (exact) mass is 359 g/mol. The Labute approximate surface area is 157 Å². The fourth-order valence-electron chi connectivity index (χ4n) is 3.50. The normalized spacial score (nSPS) is 18.2. The Balaban J connectivity index is 1.90. The van der Waals surface area contributed by atoms with Crippen LogP contribution < -0.4 is 10.6 Å². The zero-order valence-corrected chi connectivity index (χ0v) is 16.5. The van der Waals surface area contributed by atoms with Gasteiger partial charge in [-0.1, -0.05) is 32.0 Å². The summed E-state index contributed by atoms with van der Waals surface area (Å²) in [5.41, 5.74) is 2.13. The van der Waals surface area contributed by atoms with Crippen molar-refractivity contribution < 1.29 is 9.59 Å². The Hall–Kier alpha value is -1.88. The number of benzene rings is 1. The van der Waals surface area contributed by atoms with Crippen molar-refractivity contribution in [1.82, 2.24) is 10.2 Å². The van der Waals surface area contributed by atoms with Crippen LogP contribution in [0.5, 0.6) is 0 Å². The maximum Gasteiger partial charge on any atom is 0.241 e. The van der Waals surface area contributed by atoms with Gasteiger partial charge in [0, 0.05) is 19.2 Å². The lowest BCUT2D eigenvalue weighted by Crippen LogP contribution is -2.47. The van der Waals surface area contributed by atoms with E-state index >= 15 is 0 Å². The third-order valence-electron chi connectivity index (χ3n) is 5.58. The average molecular weight is 360 g/mol. The topological polar surface area (TPSA) is 61.4 Å². The van der Waals surface area contributed by atoms with Gasteiger partial charge in [0.05, 0.1) is 6.04 Å². The number of anilines is 1. The molecule has 144 valence electrons. The van der Waals surface area contributed by atoms with Crippen molar-refractivity contribution in [2.75, 3.05) is 25.0 Å². The van der Waals surface area contributed by atoms with Crippen LogP contribution in [0.15, 0.2) is 24.3 Å². The van der Waals surface area contributed by atoms with Crippen molar-refractivity contribution in [1.29, 1.82) is 0 Å². The Kier molecular flexibility index (Phi) is 7.64. The van der Waals surface area contributed by atoms with Crippen molar-refractivity contribution in [3.8, 4) is 0 Å². The van der Waals surface area contributed by atoms with Crippen LogP contribution >= 0.6 is 0 Å². The first kappa shape index (κ1) is 20.4. The minimum Gasteiger partial charge on any atom is -0.356 e. The lowest BCUT2D eigenvalue weighted by atomic mass is 9.95. The molecule has 0 aliphatic carbocycles. The first-order chi connectivity index (χ1) is 12.4. The highest BCUT2D eigenvalue weighted by Gasteiger charge is 2.27. The van der Waals surface area contributed by atoms with Crippen LogP contribution in [0.4, 0.5) is 5.69 Å². The number of rotatable bonds is 7. The second-order valence-corrected chi connectivity index (χ2v) is 7.48. The van der Waals surface area contributed by atoms with Crippen LogP contribution in [0.25, 0.3) is 0 Å². The van der Waals surface area contributed by atoms with E-state index in [0.29, 0.717) is 11.8 Å². The van der Waals surface area contributed by atoms with Gasteiger partial charge in [-0.25, -0.2) is 0 Å². The Bertz CT molecular complexity index is 609. The van der Waals surface area contributed by atoms with E-state index < -0.39 is 0 Å². The predicted octanol–water partition coefficient (Wildman–Crippen LogP) is 3.38. The molecule has 5 nitrogen and oxygen atoms in total. The predicted molar refractivity (Wildman–Crippen MR) is 106 cm³/mol. The molecule has 2 atom stereocenters. The van der Waals surface area contributed by atoms with Gasteiger partial charge in [-0.05, 0) is 62.7 Å². The molecule has 1 fully saturated rings. The van der Waals surface area contributed by atoms with Crippen LogP contribution in [0.1, 0.15) is 58.4 Å². The summed E-state index contributed by atoms with van der Waals surface area (Å²) in [5.74, 6) is 1.02. The molecule has 1 heterocycles. The van der Waals surface area contributed by atoms with Crippen molar-refractivity contribution in [2.24, 2.45) is 5.92 Å². The maximum absolute atomic E-state index is 12.8. The van der Waals surface area contributed by atoms with E-state index in [2.05, 4.69) is 35.4 Å². The van der Waals surface area contributed by atoms with E-state index in [0.717, 1.165) is 44.6 Å². The molecule has 26 heavy (non-hydrogen) atoms. The van der Waals surface area contributed by atoms with E-state index in [1.165, 1.54) is 5.56 Å². The summed E-state index contributed by atoms with van der Waals surface area (Å²) in [6.45, 7) is 10.4. The van der Waals surface area contributed by atoms with Crippen molar-refractivity contribution in [2.45, 2.75) is 58.9 Å². The summed E-state index contributed by atoms with van der Waals surface area (Å²) in [7, 11) is 0. The van der Waals surface area contributed by atoms with Crippen LogP contribution in [0.2, 0.25) is 0 Å². The molecule has 1 aliphatic rings. The molecule has 0 saturated carbocycles. The Morgan fingerprint density at radius 2 is 1.85 bits per heavy atom. The lowest BCUT2D eigenvalue weighted by Gasteiger charge is -2.35. The van der Waals surface area contributed by atoms with E-state index in [1.807, 2.05) is 25.1 Å². The van der Waals surface area contributed by atoms with Gasteiger partial charge in [-0.2, -0.15) is 0 Å². The number of carbonyl (C=O) groups is 2. The standard InChI is InChI=1S/C21H33N3O2/c1-5-15(2)19-8-6-7-9-20(19)23-21(26)16(3)24-12-10-18(11-13-24)14-22-17(4)25/h6-9,15-16,18H,5,10-14H2,1-4H3,(H,22,25)(H,23,26). The van der Waals surface area contributed by atoms with Crippen LogP contribution in [-0.2, 0) is 9.59 Å². The molecule has 0 aromatic heterocycles. The van der Waals surface area contributed by atoms with Gasteiger partial charge in [0.15, 0.2) is 0 Å². The molecule has 0 bridgehead atoms. The van der Waals surface area contributed by atoms with Gasteiger partial charge >= 0.3 is 0 Å². The van der Waals surface area contributed by atoms with E-state index in [-0.39, 0.29) is 17.9 Å². The number of nitrogens with one attached hydrogen (secondary N) is 2. The zero-order valence-electron chi connectivity index (χ0n) is 16.5. The van der Waals surface area contributed by atoms with Gasteiger partial charge in [0.1, 0.15) is 0 Å². The lowest BCUT2D eigenvalue weighted by molar-refractivity contribution is -0.121. The Morgan fingerprint density at radius 3 is 2.46 bits per heavy atom. The molecule has 2 N–H and O–H groups in total. The number of carbonyl (C=O) groups excluding carboxylic acids is 2. The van der Waals surface area contributed by atoms with Crippen LogP contribution in [0.3, 0.4) is 0 Å². The van der Waals surface area contributed by atoms with Crippen molar-refractivity contribution in [3.63, 3.8) is 0 Å². The molecule has 0 spiro atoms. The maximum atomic E-state index is 12.8. The molecular formula is C21H33N3O2. The third kappa shape index (κ3) is 5.56. The average Bonchev–Trinajstić information content (AvgIpc) is 2.66. The molecular weight excluding hydrogens is 326 g/mol. The van der Waals surface area contributed by atoms with Gasteiger partial charge in [0.25, 0.3) is 0 Å². The summed E-state index contributed by atoms with van der Waals surface area (Å²) in [6.07, 6.45) is 3.08. The fourth-order valence-corrected chi connectivity index (χ4v) is 3.50. The summed E-state index contributed by atoms with van der Waals surface area (Å²) in [6, 6.07) is 7.94. The summed E-state index contributed by atoms with van der Waals surface area (Å²) < 4.78 is 0. The molecule has 1 aliphatic heterocycles. The smallest absolute Gasteiger partial charge is 0.241 e. The number of likely N-dealkylation sites (tertiary alicyclic amines) is 1. The largest absolute Gasteiger partial charge is 0.356 e. The Morgan fingerprint density at radius 1 is 1.19 bits per heavy atom. The molecule has 0 radical (unpaired) electrons. The molecule has 2 amide bonds. The number of nitrogens with zero attached hydrogens (tertiary/aromatic N) is 1.